The number of nitriles is 1. The molecule has 1 rings (SSSR count). The third-order valence-corrected chi connectivity index (χ3v) is 2.48. The summed E-state index contributed by atoms with van der Waals surface area (Å²) in [7, 11) is 0. The van der Waals surface area contributed by atoms with Crippen LogP contribution in [0.3, 0.4) is 0 Å². The highest BCUT2D eigenvalue weighted by atomic mass is 35.5. The van der Waals surface area contributed by atoms with Crippen LogP contribution in [0.4, 0.5) is 5.69 Å². The van der Waals surface area contributed by atoms with Crippen LogP contribution < -0.4 is 5.32 Å². The van der Waals surface area contributed by atoms with Gasteiger partial charge in [0.05, 0.1) is 16.1 Å². The van der Waals surface area contributed by atoms with Gasteiger partial charge in [0.1, 0.15) is 6.29 Å². The van der Waals surface area contributed by atoms with E-state index in [-0.39, 0.29) is 11.3 Å². The summed E-state index contributed by atoms with van der Waals surface area (Å²) in [4.78, 5) is 21.7. The van der Waals surface area contributed by atoms with Gasteiger partial charge in [-0.2, -0.15) is 5.26 Å². The lowest BCUT2D eigenvalue weighted by Crippen LogP contribution is -2.22. The maximum absolute atomic E-state index is 11.3. The average Bonchev–Trinajstić information content (AvgIpc) is 2.25. The predicted octanol–water partition coefficient (Wildman–Crippen LogP) is 2.27. The van der Waals surface area contributed by atoms with Crippen LogP contribution >= 0.6 is 23.2 Å². The van der Waals surface area contributed by atoms with Crippen molar-refractivity contribution in [1.82, 2.24) is 0 Å². The minimum absolute atomic E-state index is 0.271. The molecule has 0 saturated heterocycles. The maximum atomic E-state index is 11.3. The monoisotopic (exact) mass is 256 g/mol. The van der Waals surface area contributed by atoms with Crippen LogP contribution in [0.5, 0.6) is 0 Å². The highest BCUT2D eigenvalue weighted by Gasteiger charge is 2.16. The first kappa shape index (κ1) is 12.5. The van der Waals surface area contributed by atoms with E-state index in [9.17, 15) is 9.59 Å². The molecule has 0 bridgehead atoms. The zero-order valence-corrected chi connectivity index (χ0v) is 9.42. The van der Waals surface area contributed by atoms with E-state index in [0.29, 0.717) is 10.7 Å². The van der Waals surface area contributed by atoms with E-state index >= 15 is 0 Å². The van der Waals surface area contributed by atoms with Crippen molar-refractivity contribution < 1.29 is 9.59 Å². The molecule has 1 amide bonds. The van der Waals surface area contributed by atoms with Gasteiger partial charge in [-0.15, -0.1) is 0 Å². The van der Waals surface area contributed by atoms with E-state index in [4.69, 9.17) is 28.5 Å². The van der Waals surface area contributed by atoms with Crippen molar-refractivity contribution in [3.8, 4) is 6.07 Å². The summed E-state index contributed by atoms with van der Waals surface area (Å²) in [5, 5.41) is 11.5. The molecule has 16 heavy (non-hydrogen) atoms. The Labute approximate surface area is 102 Å². The Bertz CT molecular complexity index is 468. The molecule has 0 aliphatic heterocycles. The number of nitrogens with one attached hydrogen (secondary N) is 1. The molecule has 0 fully saturated rings. The first-order valence-electron chi connectivity index (χ1n) is 4.19. The number of nitrogens with zero attached hydrogens (tertiary/aromatic N) is 1. The zero-order chi connectivity index (χ0) is 12.1. The Balaban J connectivity index is 2.81. The largest absolute Gasteiger partial charge is 0.325 e. The van der Waals surface area contributed by atoms with Crippen molar-refractivity contribution in [3.63, 3.8) is 0 Å². The van der Waals surface area contributed by atoms with E-state index in [1.54, 1.807) is 6.07 Å². The molecule has 4 nitrogen and oxygen atoms in total. The lowest BCUT2D eigenvalue weighted by atomic mass is 10.2. The number of carbonyl (C=O) groups excluding carboxylic acids is 2. The summed E-state index contributed by atoms with van der Waals surface area (Å²) in [6, 6.07) is 6.01. The van der Waals surface area contributed by atoms with Gasteiger partial charge < -0.3 is 10.1 Å². The average molecular weight is 257 g/mol. The Kier molecular flexibility index (Phi) is 4.29. The Morgan fingerprint density at radius 2 is 2.12 bits per heavy atom. The first-order chi connectivity index (χ1) is 7.58. The molecule has 0 radical (unpaired) electrons. The van der Waals surface area contributed by atoms with Gasteiger partial charge in [-0.3, -0.25) is 4.79 Å². The van der Waals surface area contributed by atoms with Crippen molar-refractivity contribution in [2.45, 2.75) is 0 Å². The van der Waals surface area contributed by atoms with Crippen LogP contribution in [-0.2, 0) is 9.59 Å². The molecule has 0 aromatic heterocycles. The summed E-state index contributed by atoms with van der Waals surface area (Å²) >= 11 is 11.4. The van der Waals surface area contributed by atoms with Crippen LogP contribution in [0, 0.1) is 17.2 Å². The van der Waals surface area contributed by atoms with Crippen LogP contribution in [-0.4, -0.2) is 12.2 Å². The van der Waals surface area contributed by atoms with Gasteiger partial charge in [0, 0.05) is 5.69 Å². The molecule has 0 saturated carbocycles. The molecule has 0 heterocycles. The SMILES string of the molecule is N#C[C@@H](C=O)C(=O)Nc1ccc(Cl)c(Cl)c1. The molecule has 0 unspecified atom stereocenters. The van der Waals surface area contributed by atoms with Crippen molar-refractivity contribution in [3.05, 3.63) is 28.2 Å². The lowest BCUT2D eigenvalue weighted by molar-refractivity contribution is -0.122. The number of halogens is 2. The third kappa shape index (κ3) is 2.96. The molecule has 1 N–H and O–H groups in total. The number of amides is 1. The summed E-state index contributed by atoms with van der Waals surface area (Å²) < 4.78 is 0. The van der Waals surface area contributed by atoms with E-state index < -0.39 is 11.8 Å². The smallest absolute Gasteiger partial charge is 0.249 e. The van der Waals surface area contributed by atoms with E-state index in [1.807, 2.05) is 0 Å². The van der Waals surface area contributed by atoms with E-state index in [1.165, 1.54) is 18.2 Å². The standard InChI is InChI=1S/C10H6Cl2N2O2/c11-8-2-1-7(3-9(8)12)14-10(16)6(4-13)5-15/h1-3,5-6H,(H,14,16)/t6-/m0/s1. The molecule has 1 aromatic rings. The van der Waals surface area contributed by atoms with Crippen LogP contribution in [0.15, 0.2) is 18.2 Å². The molecule has 0 aliphatic carbocycles. The van der Waals surface area contributed by atoms with Crippen LogP contribution in [0.25, 0.3) is 0 Å². The summed E-state index contributed by atoms with van der Waals surface area (Å²) in [6.07, 6.45) is 0.271. The fourth-order valence-electron chi connectivity index (χ4n) is 0.945. The van der Waals surface area contributed by atoms with Crippen LogP contribution in [0.2, 0.25) is 10.0 Å². The molecular formula is C10H6Cl2N2O2. The number of hydrogen-bond donors (Lipinski definition) is 1. The third-order valence-electron chi connectivity index (χ3n) is 1.74. The summed E-state index contributed by atoms with van der Waals surface area (Å²) in [6.45, 7) is 0. The second kappa shape index (κ2) is 5.50. The Morgan fingerprint density at radius 3 is 2.62 bits per heavy atom. The quantitative estimate of drug-likeness (QED) is 0.666. The molecular weight excluding hydrogens is 251 g/mol. The second-order valence-corrected chi connectivity index (χ2v) is 3.68. The molecule has 1 atom stereocenters. The number of aldehydes is 1. The number of benzene rings is 1. The predicted molar refractivity (Wildman–Crippen MR) is 60.3 cm³/mol. The minimum atomic E-state index is -1.32. The van der Waals surface area contributed by atoms with Gasteiger partial charge in [0.25, 0.3) is 0 Å². The molecule has 0 aliphatic rings. The minimum Gasteiger partial charge on any atom is -0.325 e. The van der Waals surface area contributed by atoms with Gasteiger partial charge in [0.15, 0.2) is 5.92 Å². The van der Waals surface area contributed by atoms with Crippen molar-refractivity contribution in [1.29, 1.82) is 5.26 Å². The second-order valence-electron chi connectivity index (χ2n) is 2.86. The summed E-state index contributed by atoms with van der Waals surface area (Å²) in [5.41, 5.74) is 0.376. The lowest BCUT2D eigenvalue weighted by Gasteiger charge is -2.06. The number of rotatable bonds is 3. The number of hydrogen-bond acceptors (Lipinski definition) is 3. The van der Waals surface area contributed by atoms with Gasteiger partial charge in [-0.05, 0) is 18.2 Å². The van der Waals surface area contributed by atoms with Gasteiger partial charge >= 0.3 is 0 Å². The fourth-order valence-corrected chi connectivity index (χ4v) is 1.24. The first-order valence-corrected chi connectivity index (χ1v) is 4.95. The Hall–Kier alpha value is -1.57. The van der Waals surface area contributed by atoms with E-state index in [2.05, 4.69) is 5.32 Å². The van der Waals surface area contributed by atoms with Gasteiger partial charge in [-0.25, -0.2) is 0 Å². The number of anilines is 1. The highest BCUT2D eigenvalue weighted by molar-refractivity contribution is 6.42. The van der Waals surface area contributed by atoms with E-state index in [0.717, 1.165) is 0 Å². The normalized spacial score (nSPS) is 11.3. The van der Waals surface area contributed by atoms with Crippen molar-refractivity contribution in [2.24, 2.45) is 5.92 Å². The van der Waals surface area contributed by atoms with Crippen molar-refractivity contribution in [2.75, 3.05) is 5.32 Å². The number of carbonyl (C=O) groups is 2. The van der Waals surface area contributed by atoms with Gasteiger partial charge in [-0.1, -0.05) is 23.2 Å². The molecule has 1 aromatic carbocycles. The topological polar surface area (TPSA) is 70.0 Å². The molecule has 82 valence electrons. The molecule has 0 spiro atoms. The highest BCUT2D eigenvalue weighted by Crippen LogP contribution is 2.25. The molecule has 6 heteroatoms. The van der Waals surface area contributed by atoms with Crippen molar-refractivity contribution >= 4 is 41.1 Å². The van der Waals surface area contributed by atoms with Gasteiger partial charge in [0.2, 0.25) is 5.91 Å². The summed E-state index contributed by atoms with van der Waals surface area (Å²) in [5.74, 6) is -2.02. The van der Waals surface area contributed by atoms with Crippen LogP contribution in [0.1, 0.15) is 0 Å². The Morgan fingerprint density at radius 1 is 1.44 bits per heavy atom. The maximum Gasteiger partial charge on any atom is 0.249 e. The zero-order valence-electron chi connectivity index (χ0n) is 7.91. The fraction of sp³-hybridized carbons (Fsp3) is 0.100.